The van der Waals surface area contributed by atoms with Crippen LogP contribution < -0.4 is 5.32 Å². The van der Waals surface area contributed by atoms with E-state index in [1.165, 1.54) is 0 Å². The highest BCUT2D eigenvalue weighted by Gasteiger charge is 2.21. The van der Waals surface area contributed by atoms with Crippen molar-refractivity contribution in [3.8, 4) is 0 Å². The molecular formula is C15H21ClIN3O. The molecule has 0 radical (unpaired) electrons. The molecule has 1 amide bonds. The first-order valence-corrected chi connectivity index (χ1v) is 8.55. The van der Waals surface area contributed by atoms with Gasteiger partial charge in [-0.1, -0.05) is 11.6 Å². The molecule has 0 bridgehead atoms. The Bertz CT molecular complexity index is 502. The standard InChI is InChI=1S/C15H21ClIN3O/c1-19(2)15(21)10-20-7-5-12(6-8-20)18-14-4-3-11(17)9-13(14)16/h3-4,9,12,18H,5-8,10H2,1-2H3. The monoisotopic (exact) mass is 421 g/mol. The Hall–Kier alpha value is -0.530. The quantitative estimate of drug-likeness (QED) is 0.760. The van der Waals surface area contributed by atoms with Gasteiger partial charge in [-0.05, 0) is 53.6 Å². The number of likely N-dealkylation sites (N-methyl/N-ethyl adjacent to an activating group) is 1. The van der Waals surface area contributed by atoms with Gasteiger partial charge in [-0.2, -0.15) is 0 Å². The van der Waals surface area contributed by atoms with Crippen LogP contribution in [0.1, 0.15) is 12.8 Å². The number of carbonyl (C=O) groups is 1. The average molecular weight is 422 g/mol. The van der Waals surface area contributed by atoms with Crippen molar-refractivity contribution in [2.24, 2.45) is 0 Å². The fourth-order valence-corrected chi connectivity index (χ4v) is 3.30. The molecule has 0 unspecified atom stereocenters. The van der Waals surface area contributed by atoms with Gasteiger partial charge in [0.2, 0.25) is 5.91 Å². The van der Waals surface area contributed by atoms with Crippen LogP contribution in [-0.2, 0) is 4.79 Å². The van der Waals surface area contributed by atoms with Crippen molar-refractivity contribution in [2.75, 3.05) is 39.0 Å². The molecule has 1 aliphatic heterocycles. The lowest BCUT2D eigenvalue weighted by Gasteiger charge is -2.33. The molecule has 0 aromatic heterocycles. The second-order valence-electron chi connectivity index (χ2n) is 5.61. The van der Waals surface area contributed by atoms with Crippen molar-refractivity contribution >= 4 is 45.8 Å². The molecule has 0 spiro atoms. The van der Waals surface area contributed by atoms with E-state index in [0.29, 0.717) is 12.6 Å². The summed E-state index contributed by atoms with van der Waals surface area (Å²) in [6, 6.07) is 6.48. The van der Waals surface area contributed by atoms with E-state index in [0.717, 1.165) is 40.2 Å². The summed E-state index contributed by atoms with van der Waals surface area (Å²) >= 11 is 8.51. The molecule has 2 rings (SSSR count). The van der Waals surface area contributed by atoms with Crippen LogP contribution in [0.4, 0.5) is 5.69 Å². The molecule has 1 N–H and O–H groups in total. The number of carbonyl (C=O) groups excluding carboxylic acids is 1. The van der Waals surface area contributed by atoms with E-state index < -0.39 is 0 Å². The zero-order valence-corrected chi connectivity index (χ0v) is 15.3. The van der Waals surface area contributed by atoms with E-state index >= 15 is 0 Å². The van der Waals surface area contributed by atoms with Crippen molar-refractivity contribution in [1.29, 1.82) is 0 Å². The molecule has 116 valence electrons. The number of nitrogens with one attached hydrogen (secondary N) is 1. The third-order valence-electron chi connectivity index (χ3n) is 3.74. The normalized spacial score (nSPS) is 16.8. The fraction of sp³-hybridized carbons (Fsp3) is 0.533. The van der Waals surface area contributed by atoms with Crippen LogP contribution in [0.15, 0.2) is 18.2 Å². The number of halogens is 2. The third-order valence-corrected chi connectivity index (χ3v) is 4.72. The summed E-state index contributed by atoms with van der Waals surface area (Å²) in [4.78, 5) is 15.6. The van der Waals surface area contributed by atoms with Gasteiger partial charge < -0.3 is 10.2 Å². The maximum Gasteiger partial charge on any atom is 0.236 e. The maximum atomic E-state index is 11.7. The topological polar surface area (TPSA) is 35.6 Å². The molecule has 0 saturated carbocycles. The highest BCUT2D eigenvalue weighted by molar-refractivity contribution is 14.1. The first-order chi connectivity index (χ1) is 9.95. The van der Waals surface area contributed by atoms with Crippen LogP contribution in [-0.4, -0.2) is 55.5 Å². The molecule has 1 fully saturated rings. The van der Waals surface area contributed by atoms with Gasteiger partial charge in [-0.15, -0.1) is 0 Å². The van der Waals surface area contributed by atoms with Crippen LogP contribution in [0, 0.1) is 3.57 Å². The Morgan fingerprint density at radius 1 is 1.43 bits per heavy atom. The largest absolute Gasteiger partial charge is 0.381 e. The highest BCUT2D eigenvalue weighted by Crippen LogP contribution is 2.26. The lowest BCUT2D eigenvalue weighted by Crippen LogP contribution is -2.43. The lowest BCUT2D eigenvalue weighted by atomic mass is 10.0. The summed E-state index contributed by atoms with van der Waals surface area (Å²) in [6.45, 7) is 2.41. The predicted octanol–water partition coefficient (Wildman–Crippen LogP) is 2.91. The molecule has 1 saturated heterocycles. The number of nitrogens with zero attached hydrogens (tertiary/aromatic N) is 2. The van der Waals surface area contributed by atoms with Gasteiger partial charge in [0.1, 0.15) is 0 Å². The molecule has 0 aliphatic carbocycles. The summed E-state index contributed by atoms with van der Waals surface area (Å²) in [6.07, 6.45) is 2.06. The molecule has 1 heterocycles. The molecule has 1 aliphatic rings. The summed E-state index contributed by atoms with van der Waals surface area (Å²) in [7, 11) is 3.60. The first kappa shape index (κ1) is 16.8. The number of rotatable bonds is 4. The minimum absolute atomic E-state index is 0.169. The number of anilines is 1. The highest BCUT2D eigenvalue weighted by atomic mass is 127. The Morgan fingerprint density at radius 3 is 2.67 bits per heavy atom. The van der Waals surface area contributed by atoms with Gasteiger partial charge in [0.15, 0.2) is 0 Å². The molecule has 21 heavy (non-hydrogen) atoms. The van der Waals surface area contributed by atoms with Gasteiger partial charge in [0, 0.05) is 36.8 Å². The van der Waals surface area contributed by atoms with Crippen LogP contribution in [0.5, 0.6) is 0 Å². The van der Waals surface area contributed by atoms with E-state index in [1.54, 1.807) is 19.0 Å². The van der Waals surface area contributed by atoms with Gasteiger partial charge in [-0.3, -0.25) is 9.69 Å². The fourth-order valence-electron chi connectivity index (χ4n) is 2.39. The number of hydrogen-bond acceptors (Lipinski definition) is 3. The number of piperidine rings is 1. The van der Waals surface area contributed by atoms with Crippen LogP contribution in [0.25, 0.3) is 0 Å². The zero-order chi connectivity index (χ0) is 15.4. The van der Waals surface area contributed by atoms with Crippen molar-refractivity contribution < 1.29 is 4.79 Å². The number of hydrogen-bond donors (Lipinski definition) is 1. The molecule has 1 aromatic rings. The molecular weight excluding hydrogens is 401 g/mol. The summed E-state index contributed by atoms with van der Waals surface area (Å²) in [5.41, 5.74) is 1.000. The van der Waals surface area contributed by atoms with Crippen molar-refractivity contribution in [2.45, 2.75) is 18.9 Å². The number of benzene rings is 1. The Kier molecular flexibility index (Phi) is 6.13. The van der Waals surface area contributed by atoms with E-state index in [-0.39, 0.29) is 5.91 Å². The second-order valence-corrected chi connectivity index (χ2v) is 7.26. The molecule has 0 atom stereocenters. The lowest BCUT2D eigenvalue weighted by molar-refractivity contribution is -0.130. The Balaban J connectivity index is 1.83. The molecule has 6 heteroatoms. The van der Waals surface area contributed by atoms with E-state index in [9.17, 15) is 4.79 Å². The third kappa shape index (κ3) is 5.00. The van der Waals surface area contributed by atoms with Gasteiger partial charge in [0.25, 0.3) is 0 Å². The van der Waals surface area contributed by atoms with Crippen LogP contribution >= 0.6 is 34.2 Å². The SMILES string of the molecule is CN(C)C(=O)CN1CCC(Nc2ccc(I)cc2Cl)CC1. The van der Waals surface area contributed by atoms with Crippen LogP contribution in [0.3, 0.4) is 0 Å². The molecule has 1 aromatic carbocycles. The summed E-state index contributed by atoms with van der Waals surface area (Å²) < 4.78 is 1.14. The minimum Gasteiger partial charge on any atom is -0.381 e. The smallest absolute Gasteiger partial charge is 0.236 e. The van der Waals surface area contributed by atoms with Crippen molar-refractivity contribution in [1.82, 2.24) is 9.80 Å². The van der Waals surface area contributed by atoms with Crippen molar-refractivity contribution in [3.05, 3.63) is 26.8 Å². The maximum absolute atomic E-state index is 11.7. The van der Waals surface area contributed by atoms with Gasteiger partial charge in [0.05, 0.1) is 17.3 Å². The second kappa shape index (κ2) is 7.65. The van der Waals surface area contributed by atoms with E-state index in [1.807, 2.05) is 12.1 Å². The van der Waals surface area contributed by atoms with Gasteiger partial charge >= 0.3 is 0 Å². The number of likely N-dealkylation sites (tertiary alicyclic amines) is 1. The van der Waals surface area contributed by atoms with Crippen molar-refractivity contribution in [3.63, 3.8) is 0 Å². The minimum atomic E-state index is 0.169. The summed E-state index contributed by atoms with van der Waals surface area (Å²) in [5, 5.41) is 4.29. The molecule has 4 nitrogen and oxygen atoms in total. The first-order valence-electron chi connectivity index (χ1n) is 7.10. The Morgan fingerprint density at radius 2 is 2.10 bits per heavy atom. The zero-order valence-electron chi connectivity index (χ0n) is 12.4. The summed E-state index contributed by atoms with van der Waals surface area (Å²) in [5.74, 6) is 0.169. The average Bonchev–Trinajstić information content (AvgIpc) is 2.43. The predicted molar refractivity (Wildman–Crippen MR) is 95.9 cm³/mol. The van der Waals surface area contributed by atoms with Gasteiger partial charge in [-0.25, -0.2) is 0 Å². The van der Waals surface area contributed by atoms with E-state index in [4.69, 9.17) is 11.6 Å². The Labute approximate surface area is 145 Å². The van der Waals surface area contributed by atoms with E-state index in [2.05, 4.69) is 38.9 Å². The number of amides is 1. The van der Waals surface area contributed by atoms with Crippen LogP contribution in [0.2, 0.25) is 5.02 Å².